The zero-order valence-corrected chi connectivity index (χ0v) is 14.4. The Morgan fingerprint density at radius 2 is 1.68 bits per heavy atom. The van der Waals surface area contributed by atoms with Crippen LogP contribution in [0.5, 0.6) is 0 Å². The van der Waals surface area contributed by atoms with E-state index in [1.807, 2.05) is 18.2 Å². The molecule has 5 heteroatoms. The van der Waals surface area contributed by atoms with Crippen LogP contribution in [0.25, 0.3) is 0 Å². The summed E-state index contributed by atoms with van der Waals surface area (Å²) in [4.78, 5) is 25.4. The number of nitrogens with one attached hydrogen (secondary N) is 1. The number of nitrogens with zero attached hydrogens (tertiary/aromatic N) is 1. The van der Waals surface area contributed by atoms with Gasteiger partial charge in [-0.15, -0.1) is 0 Å². The van der Waals surface area contributed by atoms with Crippen LogP contribution in [-0.2, 0) is 16.0 Å². The standard InChI is InChI=1S/C20H23FN2O2/c1-16(24)23(14-5-8-17-6-3-2-4-7-17)15-13-20(25)22-19-11-9-18(21)10-12-19/h2-4,6-7,9-12H,5,8,13-15H2,1H3,(H,22,25). The molecule has 0 aliphatic carbocycles. The lowest BCUT2D eigenvalue weighted by molar-refractivity contribution is -0.129. The molecule has 4 nitrogen and oxygen atoms in total. The summed E-state index contributed by atoms with van der Waals surface area (Å²) in [5.74, 6) is -0.581. The van der Waals surface area contributed by atoms with Gasteiger partial charge in [0.1, 0.15) is 5.82 Å². The summed E-state index contributed by atoms with van der Waals surface area (Å²) in [5, 5.41) is 2.70. The number of amides is 2. The Morgan fingerprint density at radius 1 is 1.00 bits per heavy atom. The van der Waals surface area contributed by atoms with E-state index in [0.717, 1.165) is 12.8 Å². The number of aryl methyl sites for hydroxylation is 1. The minimum absolute atomic E-state index is 0.0392. The first kappa shape index (κ1) is 18.6. The average Bonchev–Trinajstić information content (AvgIpc) is 2.60. The van der Waals surface area contributed by atoms with Crippen molar-refractivity contribution in [3.63, 3.8) is 0 Å². The molecular weight excluding hydrogens is 319 g/mol. The maximum atomic E-state index is 12.9. The SMILES string of the molecule is CC(=O)N(CCCc1ccccc1)CCC(=O)Nc1ccc(F)cc1. The Hall–Kier alpha value is -2.69. The van der Waals surface area contributed by atoms with Crippen molar-refractivity contribution in [2.24, 2.45) is 0 Å². The second kappa shape index (κ2) is 9.57. The number of anilines is 1. The predicted octanol–water partition coefficient (Wildman–Crippen LogP) is 3.64. The fourth-order valence-electron chi connectivity index (χ4n) is 2.54. The molecule has 0 radical (unpaired) electrons. The molecule has 132 valence electrons. The van der Waals surface area contributed by atoms with E-state index >= 15 is 0 Å². The Balaban J connectivity index is 1.75. The highest BCUT2D eigenvalue weighted by Crippen LogP contribution is 2.09. The Bertz CT molecular complexity index is 687. The van der Waals surface area contributed by atoms with Gasteiger partial charge in [0, 0.05) is 32.1 Å². The molecule has 2 aromatic carbocycles. The maximum absolute atomic E-state index is 12.9. The molecule has 0 aliphatic heterocycles. The van der Waals surface area contributed by atoms with E-state index in [0.29, 0.717) is 18.8 Å². The molecule has 2 aromatic rings. The van der Waals surface area contributed by atoms with Crippen molar-refractivity contribution < 1.29 is 14.0 Å². The number of carbonyl (C=O) groups excluding carboxylic acids is 2. The van der Waals surface area contributed by atoms with Gasteiger partial charge in [0.05, 0.1) is 0 Å². The third-order valence-corrected chi connectivity index (χ3v) is 3.92. The summed E-state index contributed by atoms with van der Waals surface area (Å²) in [7, 11) is 0. The molecular formula is C20H23FN2O2. The van der Waals surface area contributed by atoms with E-state index < -0.39 is 0 Å². The van der Waals surface area contributed by atoms with Gasteiger partial charge in [-0.2, -0.15) is 0 Å². The van der Waals surface area contributed by atoms with E-state index in [9.17, 15) is 14.0 Å². The van der Waals surface area contributed by atoms with Crippen LogP contribution in [-0.4, -0.2) is 29.8 Å². The maximum Gasteiger partial charge on any atom is 0.226 e. The van der Waals surface area contributed by atoms with Gasteiger partial charge in [-0.05, 0) is 42.7 Å². The Kier molecular flexibility index (Phi) is 7.14. The lowest BCUT2D eigenvalue weighted by Crippen LogP contribution is -2.33. The lowest BCUT2D eigenvalue weighted by atomic mass is 10.1. The number of benzene rings is 2. The summed E-state index contributed by atoms with van der Waals surface area (Å²) < 4.78 is 12.9. The topological polar surface area (TPSA) is 49.4 Å². The molecule has 25 heavy (non-hydrogen) atoms. The van der Waals surface area contributed by atoms with Crippen LogP contribution in [0.3, 0.4) is 0 Å². The number of rotatable bonds is 8. The van der Waals surface area contributed by atoms with Crippen LogP contribution in [0.1, 0.15) is 25.3 Å². The molecule has 0 aromatic heterocycles. The number of hydrogen-bond donors (Lipinski definition) is 1. The quantitative estimate of drug-likeness (QED) is 0.796. The van der Waals surface area contributed by atoms with Gasteiger partial charge in [-0.1, -0.05) is 30.3 Å². The molecule has 0 saturated heterocycles. The molecule has 0 aliphatic rings. The third-order valence-electron chi connectivity index (χ3n) is 3.92. The van der Waals surface area contributed by atoms with Gasteiger partial charge in [-0.25, -0.2) is 4.39 Å². The van der Waals surface area contributed by atoms with Crippen molar-refractivity contribution in [1.82, 2.24) is 4.90 Å². The van der Waals surface area contributed by atoms with Crippen molar-refractivity contribution in [2.75, 3.05) is 18.4 Å². The van der Waals surface area contributed by atoms with Gasteiger partial charge in [0.25, 0.3) is 0 Å². The molecule has 0 spiro atoms. The molecule has 0 fully saturated rings. The van der Waals surface area contributed by atoms with Crippen LogP contribution >= 0.6 is 0 Å². The van der Waals surface area contributed by atoms with Gasteiger partial charge in [0.2, 0.25) is 11.8 Å². The molecule has 0 saturated carbocycles. The van der Waals surface area contributed by atoms with Crippen LogP contribution < -0.4 is 5.32 Å². The fraction of sp³-hybridized carbons (Fsp3) is 0.300. The largest absolute Gasteiger partial charge is 0.342 e. The molecule has 2 amide bonds. The van der Waals surface area contributed by atoms with Gasteiger partial charge < -0.3 is 10.2 Å². The van der Waals surface area contributed by atoms with E-state index in [1.165, 1.54) is 36.8 Å². The van der Waals surface area contributed by atoms with E-state index in [2.05, 4.69) is 17.4 Å². The number of carbonyl (C=O) groups is 2. The zero-order valence-electron chi connectivity index (χ0n) is 14.4. The minimum Gasteiger partial charge on any atom is -0.342 e. The lowest BCUT2D eigenvalue weighted by Gasteiger charge is -2.20. The van der Waals surface area contributed by atoms with Crippen LogP contribution in [0.4, 0.5) is 10.1 Å². The minimum atomic E-state index is -0.348. The highest BCUT2D eigenvalue weighted by atomic mass is 19.1. The fourth-order valence-corrected chi connectivity index (χ4v) is 2.54. The van der Waals surface area contributed by atoms with Crippen molar-refractivity contribution in [2.45, 2.75) is 26.2 Å². The van der Waals surface area contributed by atoms with Crippen molar-refractivity contribution in [1.29, 1.82) is 0 Å². The van der Waals surface area contributed by atoms with Gasteiger partial charge in [-0.3, -0.25) is 9.59 Å². The highest BCUT2D eigenvalue weighted by Gasteiger charge is 2.11. The molecule has 0 heterocycles. The summed E-state index contributed by atoms with van der Waals surface area (Å²) >= 11 is 0. The zero-order chi connectivity index (χ0) is 18.1. The Labute approximate surface area is 147 Å². The van der Waals surface area contributed by atoms with Gasteiger partial charge >= 0.3 is 0 Å². The second-order valence-electron chi connectivity index (χ2n) is 5.90. The van der Waals surface area contributed by atoms with Crippen molar-refractivity contribution in [3.05, 3.63) is 66.0 Å². The molecule has 0 atom stereocenters. The summed E-state index contributed by atoms with van der Waals surface area (Å²) in [5.41, 5.74) is 1.78. The first-order valence-electron chi connectivity index (χ1n) is 8.39. The van der Waals surface area contributed by atoms with Crippen LogP contribution in [0.2, 0.25) is 0 Å². The van der Waals surface area contributed by atoms with E-state index in [4.69, 9.17) is 0 Å². The van der Waals surface area contributed by atoms with E-state index in [-0.39, 0.29) is 24.1 Å². The molecule has 1 N–H and O–H groups in total. The Morgan fingerprint density at radius 3 is 2.32 bits per heavy atom. The normalized spacial score (nSPS) is 10.3. The third kappa shape index (κ3) is 6.75. The molecule has 2 rings (SSSR count). The smallest absolute Gasteiger partial charge is 0.226 e. The second-order valence-corrected chi connectivity index (χ2v) is 5.90. The predicted molar refractivity (Wildman–Crippen MR) is 96.7 cm³/mol. The van der Waals surface area contributed by atoms with Crippen molar-refractivity contribution >= 4 is 17.5 Å². The molecule has 0 unspecified atom stereocenters. The number of hydrogen-bond acceptors (Lipinski definition) is 2. The molecule has 0 bridgehead atoms. The van der Waals surface area contributed by atoms with Crippen molar-refractivity contribution in [3.8, 4) is 0 Å². The average molecular weight is 342 g/mol. The van der Waals surface area contributed by atoms with Gasteiger partial charge in [0.15, 0.2) is 0 Å². The van der Waals surface area contributed by atoms with Crippen LogP contribution in [0.15, 0.2) is 54.6 Å². The van der Waals surface area contributed by atoms with E-state index in [1.54, 1.807) is 4.90 Å². The first-order chi connectivity index (χ1) is 12.0. The summed E-state index contributed by atoms with van der Waals surface area (Å²) in [6.07, 6.45) is 1.96. The summed E-state index contributed by atoms with van der Waals surface area (Å²) in [6.45, 7) is 2.51. The first-order valence-corrected chi connectivity index (χ1v) is 8.39. The monoisotopic (exact) mass is 342 g/mol. The summed E-state index contributed by atoms with van der Waals surface area (Å²) in [6, 6.07) is 15.7. The number of halogens is 1. The van der Waals surface area contributed by atoms with Crippen LogP contribution in [0, 0.1) is 5.82 Å². The highest BCUT2D eigenvalue weighted by molar-refractivity contribution is 5.91.